The monoisotopic (exact) mass is 328 g/mol. The lowest BCUT2D eigenvalue weighted by Crippen LogP contribution is -2.22. The average Bonchev–Trinajstić information content (AvgIpc) is 3.25. The zero-order chi connectivity index (χ0) is 16.8. The Morgan fingerprint density at radius 2 is 2.08 bits per heavy atom. The average molecular weight is 328 g/mol. The normalized spacial score (nSPS) is 18.2. The number of benzene rings is 1. The Hall–Kier alpha value is -1.81. The molecule has 130 valence electrons. The Labute approximate surface area is 144 Å². The molecule has 0 bridgehead atoms. The minimum atomic E-state index is 0.360. The van der Waals surface area contributed by atoms with Gasteiger partial charge in [-0.1, -0.05) is 37.6 Å². The summed E-state index contributed by atoms with van der Waals surface area (Å²) in [6.45, 7) is 7.15. The fraction of sp³-hybridized carbons (Fsp3) is 0.550. The van der Waals surface area contributed by atoms with Crippen molar-refractivity contribution in [2.45, 2.75) is 58.5 Å². The lowest BCUT2D eigenvalue weighted by Gasteiger charge is -2.22. The van der Waals surface area contributed by atoms with Crippen molar-refractivity contribution in [3.05, 3.63) is 47.3 Å². The van der Waals surface area contributed by atoms with Gasteiger partial charge < -0.3 is 9.26 Å². The zero-order valence-electron chi connectivity index (χ0n) is 14.8. The summed E-state index contributed by atoms with van der Waals surface area (Å²) < 4.78 is 11.3. The molecule has 1 aliphatic heterocycles. The molecule has 1 saturated heterocycles. The fourth-order valence-corrected chi connectivity index (χ4v) is 3.25. The highest BCUT2D eigenvalue weighted by Crippen LogP contribution is 2.33. The van der Waals surface area contributed by atoms with Crippen molar-refractivity contribution in [3.63, 3.8) is 0 Å². The third kappa shape index (κ3) is 4.18. The highest BCUT2D eigenvalue weighted by Gasteiger charge is 2.29. The molecular formula is C20H28N2O2. The molecule has 0 aliphatic carbocycles. The maximum Gasteiger partial charge on any atom is 0.154 e. The van der Waals surface area contributed by atoms with E-state index in [1.165, 1.54) is 12.0 Å². The largest absolute Gasteiger partial charge is 0.494 e. The summed E-state index contributed by atoms with van der Waals surface area (Å²) >= 11 is 0. The van der Waals surface area contributed by atoms with Gasteiger partial charge in [-0.15, -0.1) is 0 Å². The molecule has 1 aromatic carbocycles. The van der Waals surface area contributed by atoms with Gasteiger partial charge in [0.25, 0.3) is 0 Å². The van der Waals surface area contributed by atoms with E-state index in [1.54, 1.807) is 0 Å². The van der Waals surface area contributed by atoms with Crippen LogP contribution in [0.4, 0.5) is 0 Å². The van der Waals surface area contributed by atoms with Gasteiger partial charge in [-0.25, -0.2) is 0 Å². The fourth-order valence-electron chi connectivity index (χ4n) is 3.25. The standard InChI is InChI=1S/C20H28N2O2/c1-3-5-13-23-18-10-8-16(9-11-18)15-22-12-6-7-19(22)20-14-17(4-2)21-24-20/h8-11,14,19H,3-7,12-13,15H2,1-2H3/t19-/m1/s1. The van der Waals surface area contributed by atoms with E-state index in [9.17, 15) is 0 Å². The second kappa shape index (κ2) is 8.34. The van der Waals surface area contributed by atoms with Crippen molar-refractivity contribution in [1.82, 2.24) is 10.1 Å². The summed E-state index contributed by atoms with van der Waals surface area (Å²) in [6.07, 6.45) is 5.56. The van der Waals surface area contributed by atoms with Crippen LogP contribution in [0.15, 0.2) is 34.9 Å². The number of nitrogens with zero attached hydrogens (tertiary/aromatic N) is 2. The van der Waals surface area contributed by atoms with E-state index in [2.05, 4.69) is 54.2 Å². The minimum Gasteiger partial charge on any atom is -0.494 e. The predicted molar refractivity (Wildman–Crippen MR) is 95.1 cm³/mol. The number of unbranched alkanes of at least 4 members (excludes halogenated alkanes) is 1. The number of aryl methyl sites for hydroxylation is 1. The molecule has 0 amide bonds. The van der Waals surface area contributed by atoms with Crippen molar-refractivity contribution in [3.8, 4) is 5.75 Å². The van der Waals surface area contributed by atoms with Gasteiger partial charge in [0, 0.05) is 12.6 Å². The molecule has 0 saturated carbocycles. The van der Waals surface area contributed by atoms with Gasteiger partial charge in [-0.05, 0) is 49.9 Å². The first kappa shape index (κ1) is 17.0. The molecule has 0 spiro atoms. The molecule has 0 unspecified atom stereocenters. The topological polar surface area (TPSA) is 38.5 Å². The van der Waals surface area contributed by atoms with Crippen molar-refractivity contribution in [1.29, 1.82) is 0 Å². The first-order chi connectivity index (χ1) is 11.8. The van der Waals surface area contributed by atoms with Crippen molar-refractivity contribution < 1.29 is 9.26 Å². The van der Waals surface area contributed by atoms with Crippen molar-refractivity contribution >= 4 is 0 Å². The van der Waals surface area contributed by atoms with E-state index in [0.29, 0.717) is 6.04 Å². The van der Waals surface area contributed by atoms with Crippen LogP contribution in [0.25, 0.3) is 0 Å². The maximum absolute atomic E-state index is 5.74. The summed E-state index contributed by atoms with van der Waals surface area (Å²) in [4.78, 5) is 2.49. The van der Waals surface area contributed by atoms with Gasteiger partial charge in [-0.3, -0.25) is 4.90 Å². The summed E-state index contributed by atoms with van der Waals surface area (Å²) in [5, 5.41) is 4.15. The quantitative estimate of drug-likeness (QED) is 0.655. The van der Waals surface area contributed by atoms with Crippen LogP contribution in [-0.4, -0.2) is 23.2 Å². The molecule has 2 heterocycles. The molecule has 1 aromatic heterocycles. The van der Waals surface area contributed by atoms with Crippen LogP contribution in [0.5, 0.6) is 5.75 Å². The third-order valence-corrected chi connectivity index (χ3v) is 4.71. The molecule has 3 rings (SSSR count). The third-order valence-electron chi connectivity index (χ3n) is 4.71. The summed E-state index contributed by atoms with van der Waals surface area (Å²) in [6, 6.07) is 11.0. The Balaban J connectivity index is 1.60. The number of ether oxygens (including phenoxy) is 1. The Morgan fingerprint density at radius 1 is 1.25 bits per heavy atom. The molecule has 4 heteroatoms. The van der Waals surface area contributed by atoms with E-state index >= 15 is 0 Å². The second-order valence-corrected chi connectivity index (χ2v) is 6.55. The molecule has 4 nitrogen and oxygen atoms in total. The SMILES string of the molecule is CCCCOc1ccc(CN2CCC[C@@H]2c2cc(CC)no2)cc1. The van der Waals surface area contributed by atoms with Gasteiger partial charge in [-0.2, -0.15) is 0 Å². The molecule has 1 atom stereocenters. The van der Waals surface area contributed by atoms with Crippen molar-refractivity contribution in [2.75, 3.05) is 13.2 Å². The lowest BCUT2D eigenvalue weighted by molar-refractivity contribution is 0.206. The molecule has 0 N–H and O–H groups in total. The predicted octanol–water partition coefficient (Wildman–Crippen LogP) is 4.75. The van der Waals surface area contributed by atoms with Crippen LogP contribution in [0.2, 0.25) is 0 Å². The van der Waals surface area contributed by atoms with E-state index < -0.39 is 0 Å². The van der Waals surface area contributed by atoms with E-state index in [0.717, 1.165) is 62.6 Å². The summed E-state index contributed by atoms with van der Waals surface area (Å²) in [7, 11) is 0. The van der Waals surface area contributed by atoms with Gasteiger partial charge in [0.15, 0.2) is 5.76 Å². The van der Waals surface area contributed by atoms with Crippen LogP contribution in [0.3, 0.4) is 0 Å². The Bertz CT molecular complexity index is 621. The van der Waals surface area contributed by atoms with Gasteiger partial charge in [0.05, 0.1) is 18.3 Å². The van der Waals surface area contributed by atoms with Gasteiger partial charge in [0.2, 0.25) is 0 Å². The Morgan fingerprint density at radius 3 is 2.79 bits per heavy atom. The summed E-state index contributed by atoms with van der Waals surface area (Å²) in [5.74, 6) is 1.98. The van der Waals surface area contributed by atoms with Crippen LogP contribution in [-0.2, 0) is 13.0 Å². The number of rotatable bonds is 8. The highest BCUT2D eigenvalue weighted by atomic mass is 16.5. The minimum absolute atomic E-state index is 0.360. The van der Waals surface area contributed by atoms with Gasteiger partial charge >= 0.3 is 0 Å². The first-order valence-corrected chi connectivity index (χ1v) is 9.21. The highest BCUT2D eigenvalue weighted by molar-refractivity contribution is 5.27. The van der Waals surface area contributed by atoms with Crippen LogP contribution >= 0.6 is 0 Å². The summed E-state index contributed by atoms with van der Waals surface area (Å²) in [5.41, 5.74) is 2.37. The van der Waals surface area contributed by atoms with E-state index in [1.807, 2.05) is 0 Å². The molecular weight excluding hydrogens is 300 g/mol. The molecule has 2 aromatic rings. The number of likely N-dealkylation sites (tertiary alicyclic amines) is 1. The van der Waals surface area contributed by atoms with E-state index in [4.69, 9.17) is 9.26 Å². The second-order valence-electron chi connectivity index (χ2n) is 6.55. The van der Waals surface area contributed by atoms with Crippen LogP contribution < -0.4 is 4.74 Å². The van der Waals surface area contributed by atoms with Crippen molar-refractivity contribution in [2.24, 2.45) is 0 Å². The van der Waals surface area contributed by atoms with Crippen LogP contribution in [0, 0.1) is 0 Å². The molecule has 1 aliphatic rings. The first-order valence-electron chi connectivity index (χ1n) is 9.21. The molecule has 0 radical (unpaired) electrons. The van der Waals surface area contributed by atoms with Crippen LogP contribution in [0.1, 0.15) is 62.6 Å². The Kier molecular flexibility index (Phi) is 5.91. The number of hydrogen-bond donors (Lipinski definition) is 0. The maximum atomic E-state index is 5.74. The van der Waals surface area contributed by atoms with E-state index in [-0.39, 0.29) is 0 Å². The number of aromatic nitrogens is 1. The number of hydrogen-bond acceptors (Lipinski definition) is 4. The van der Waals surface area contributed by atoms with Gasteiger partial charge in [0.1, 0.15) is 5.75 Å². The molecule has 1 fully saturated rings. The molecule has 24 heavy (non-hydrogen) atoms. The lowest BCUT2D eigenvalue weighted by atomic mass is 10.1. The zero-order valence-corrected chi connectivity index (χ0v) is 14.8. The smallest absolute Gasteiger partial charge is 0.154 e.